The zero-order valence-electron chi connectivity index (χ0n) is 20.8. The number of amides is 4. The number of nitrogens with zero attached hydrogens (tertiary/aromatic N) is 3. The Morgan fingerprint density at radius 3 is 2.73 bits per heavy atom. The number of halogens is 1. The van der Waals surface area contributed by atoms with Gasteiger partial charge in [0, 0.05) is 24.4 Å². The van der Waals surface area contributed by atoms with Crippen molar-refractivity contribution in [1.29, 1.82) is 0 Å². The van der Waals surface area contributed by atoms with Crippen molar-refractivity contribution >= 4 is 35.2 Å². The molecule has 12 nitrogen and oxygen atoms in total. The van der Waals surface area contributed by atoms with Crippen molar-refractivity contribution in [2.24, 2.45) is 11.7 Å². The van der Waals surface area contributed by atoms with Crippen molar-refractivity contribution < 1.29 is 23.9 Å². The number of aromatic nitrogens is 3. The number of primary amides is 1. The number of aryl methyl sites for hydroxylation is 1. The summed E-state index contributed by atoms with van der Waals surface area (Å²) in [5, 5.41) is 16.7. The minimum atomic E-state index is -1.12. The van der Waals surface area contributed by atoms with Crippen LogP contribution < -0.4 is 26.4 Å². The highest BCUT2D eigenvalue weighted by Crippen LogP contribution is 2.24. The summed E-state index contributed by atoms with van der Waals surface area (Å²) in [4.78, 5) is 50.8. The third kappa shape index (κ3) is 8.45. The van der Waals surface area contributed by atoms with Crippen molar-refractivity contribution in [1.82, 2.24) is 30.9 Å². The fraction of sp³-hybridized carbons (Fsp3) is 0.500. The maximum absolute atomic E-state index is 13.2. The molecule has 200 valence electrons. The number of hydrogen-bond donors (Lipinski definition) is 4. The molecular formula is C24H32ClN7O5. The molecule has 0 saturated carbocycles. The lowest BCUT2D eigenvalue weighted by Gasteiger charge is -2.24. The lowest BCUT2D eigenvalue weighted by atomic mass is 10.0. The van der Waals surface area contributed by atoms with Gasteiger partial charge in [0.2, 0.25) is 17.7 Å². The van der Waals surface area contributed by atoms with E-state index in [1.54, 1.807) is 10.9 Å². The fourth-order valence-corrected chi connectivity index (χ4v) is 3.97. The third-order valence-electron chi connectivity index (χ3n) is 5.65. The molecule has 2 bridgehead atoms. The number of fused-ring (bicyclic) bond motifs is 3. The smallest absolute Gasteiger partial charge is 0.255 e. The van der Waals surface area contributed by atoms with Gasteiger partial charge in [0.1, 0.15) is 23.5 Å². The number of nitrogens with one attached hydrogen (secondary N) is 3. The second-order valence-electron chi connectivity index (χ2n) is 9.26. The Hall–Kier alpha value is -3.67. The zero-order valence-corrected chi connectivity index (χ0v) is 21.6. The van der Waals surface area contributed by atoms with Crippen molar-refractivity contribution in [3.8, 4) is 5.75 Å². The highest BCUT2D eigenvalue weighted by atomic mass is 35.5. The molecule has 1 aliphatic rings. The van der Waals surface area contributed by atoms with Crippen LogP contribution >= 0.6 is 11.6 Å². The summed E-state index contributed by atoms with van der Waals surface area (Å²) in [5.41, 5.74) is 6.02. The Kier molecular flexibility index (Phi) is 9.84. The monoisotopic (exact) mass is 533 g/mol. The Morgan fingerprint density at radius 2 is 2.00 bits per heavy atom. The molecule has 1 aromatic heterocycles. The molecule has 0 saturated heterocycles. The first-order valence-corrected chi connectivity index (χ1v) is 12.5. The highest BCUT2D eigenvalue weighted by Gasteiger charge is 2.29. The molecule has 3 rings (SSSR count). The minimum absolute atomic E-state index is 0.0458. The van der Waals surface area contributed by atoms with Crippen LogP contribution in [-0.4, -0.2) is 57.3 Å². The number of rotatable bonds is 5. The van der Waals surface area contributed by atoms with Crippen LogP contribution in [-0.2, 0) is 27.5 Å². The number of carbonyl (C=O) groups excluding carboxylic acids is 4. The molecule has 37 heavy (non-hydrogen) atoms. The predicted molar refractivity (Wildman–Crippen MR) is 135 cm³/mol. The molecule has 0 radical (unpaired) electrons. The van der Waals surface area contributed by atoms with E-state index >= 15 is 0 Å². The molecular weight excluding hydrogens is 502 g/mol. The van der Waals surface area contributed by atoms with Crippen molar-refractivity contribution in [3.63, 3.8) is 0 Å². The van der Waals surface area contributed by atoms with Gasteiger partial charge >= 0.3 is 0 Å². The van der Waals surface area contributed by atoms with Crippen LogP contribution in [0, 0.1) is 5.92 Å². The number of benzene rings is 1. The van der Waals surface area contributed by atoms with Gasteiger partial charge in [-0.25, -0.2) is 0 Å². The molecule has 5 N–H and O–H groups in total. The van der Waals surface area contributed by atoms with Crippen molar-refractivity contribution in [2.45, 2.75) is 64.7 Å². The Balaban J connectivity index is 1.92. The Bertz CT molecular complexity index is 1140. The maximum Gasteiger partial charge on any atom is 0.255 e. The van der Waals surface area contributed by atoms with E-state index in [1.165, 1.54) is 18.2 Å². The molecule has 0 fully saturated rings. The van der Waals surface area contributed by atoms with E-state index in [1.807, 2.05) is 13.8 Å². The summed E-state index contributed by atoms with van der Waals surface area (Å²) in [5.74, 6) is -1.89. The quantitative estimate of drug-likeness (QED) is 0.442. The molecule has 0 unspecified atom stereocenters. The fourth-order valence-electron chi connectivity index (χ4n) is 3.81. The highest BCUT2D eigenvalue weighted by molar-refractivity contribution is 6.30. The second kappa shape index (κ2) is 13.0. The van der Waals surface area contributed by atoms with Gasteiger partial charge < -0.3 is 26.4 Å². The first kappa shape index (κ1) is 27.9. The van der Waals surface area contributed by atoms with E-state index in [4.69, 9.17) is 22.1 Å². The molecule has 0 spiro atoms. The van der Waals surface area contributed by atoms with Crippen LogP contribution in [0.1, 0.15) is 55.6 Å². The van der Waals surface area contributed by atoms with Gasteiger partial charge in [-0.2, -0.15) is 0 Å². The van der Waals surface area contributed by atoms with Gasteiger partial charge in [-0.3, -0.25) is 23.9 Å². The van der Waals surface area contributed by atoms with Gasteiger partial charge in [0.15, 0.2) is 0 Å². The third-order valence-corrected chi connectivity index (χ3v) is 5.88. The number of nitrogens with two attached hydrogens (primary N) is 1. The van der Waals surface area contributed by atoms with Gasteiger partial charge in [0.05, 0.1) is 24.9 Å². The summed E-state index contributed by atoms with van der Waals surface area (Å²) in [7, 11) is 0. The lowest BCUT2D eigenvalue weighted by Crippen LogP contribution is -2.54. The molecule has 2 aromatic rings. The topological polar surface area (TPSA) is 170 Å². The van der Waals surface area contributed by atoms with E-state index in [0.717, 1.165) is 0 Å². The average Bonchev–Trinajstić information content (AvgIpc) is 3.29. The second-order valence-corrected chi connectivity index (χ2v) is 9.69. The SMILES string of the molecule is CC(C)C[C@H]1NC(=O)[C@@H](CCC(N)=O)NC(=O)c2ccc(Cl)cc2OCCCn2cc(nn2)CNC1=O. The van der Waals surface area contributed by atoms with Crippen LogP contribution in [0.3, 0.4) is 0 Å². The molecule has 1 aromatic carbocycles. The standard InChI is InChI=1S/C24H32ClN7O5/c1-14(2)10-19-23(35)27-12-16-13-32(31-30-16)8-3-9-37-20-11-15(25)4-5-17(20)22(34)28-18(24(36)29-19)6-7-21(26)33/h4-5,11,13-14,18-19H,3,6-10,12H2,1-2H3,(H2,26,33)(H,27,35)(H,28,34)(H,29,36)/t18-,19-/m1/s1. The van der Waals surface area contributed by atoms with Crippen LogP contribution in [0.2, 0.25) is 5.02 Å². The summed E-state index contributed by atoms with van der Waals surface area (Å²) >= 11 is 6.12. The molecule has 4 amide bonds. The van der Waals surface area contributed by atoms with Crippen LogP contribution in [0.5, 0.6) is 5.75 Å². The number of carbonyl (C=O) groups is 4. The van der Waals surface area contributed by atoms with Crippen LogP contribution in [0.25, 0.3) is 0 Å². The van der Waals surface area contributed by atoms with E-state index in [2.05, 4.69) is 26.3 Å². The molecule has 2 heterocycles. The van der Waals surface area contributed by atoms with Crippen molar-refractivity contribution in [2.75, 3.05) is 6.61 Å². The minimum Gasteiger partial charge on any atom is -0.493 e. The summed E-state index contributed by atoms with van der Waals surface area (Å²) in [6.07, 6.45) is 2.45. The summed E-state index contributed by atoms with van der Waals surface area (Å²) in [6, 6.07) is 2.55. The molecule has 1 aliphatic heterocycles. The normalized spacial score (nSPS) is 19.5. The molecule has 2 atom stereocenters. The van der Waals surface area contributed by atoms with Gasteiger partial charge in [-0.05, 0) is 37.0 Å². The summed E-state index contributed by atoms with van der Waals surface area (Å²) < 4.78 is 7.46. The lowest BCUT2D eigenvalue weighted by molar-refractivity contribution is -0.130. The average molecular weight is 534 g/mol. The van der Waals surface area contributed by atoms with E-state index in [0.29, 0.717) is 30.1 Å². The largest absolute Gasteiger partial charge is 0.493 e. The van der Waals surface area contributed by atoms with E-state index in [-0.39, 0.29) is 43.2 Å². The first-order chi connectivity index (χ1) is 17.6. The maximum atomic E-state index is 13.2. The van der Waals surface area contributed by atoms with Gasteiger partial charge in [-0.15, -0.1) is 5.10 Å². The molecule has 0 aliphatic carbocycles. The summed E-state index contributed by atoms with van der Waals surface area (Å²) in [6.45, 7) is 4.74. The number of hydrogen-bond acceptors (Lipinski definition) is 7. The van der Waals surface area contributed by atoms with E-state index in [9.17, 15) is 19.2 Å². The Labute approximate surface area is 219 Å². The first-order valence-electron chi connectivity index (χ1n) is 12.1. The van der Waals surface area contributed by atoms with E-state index < -0.39 is 35.7 Å². The molecule has 13 heteroatoms. The van der Waals surface area contributed by atoms with Gasteiger partial charge in [-0.1, -0.05) is 30.7 Å². The predicted octanol–water partition coefficient (Wildman–Crippen LogP) is 0.925. The zero-order chi connectivity index (χ0) is 26.9. The van der Waals surface area contributed by atoms with Gasteiger partial charge in [0.25, 0.3) is 5.91 Å². The van der Waals surface area contributed by atoms with Crippen LogP contribution in [0.4, 0.5) is 0 Å². The van der Waals surface area contributed by atoms with Crippen molar-refractivity contribution in [3.05, 3.63) is 40.7 Å². The van der Waals surface area contributed by atoms with Crippen LogP contribution in [0.15, 0.2) is 24.4 Å². The Morgan fingerprint density at radius 1 is 1.22 bits per heavy atom. The number of ether oxygens (including phenoxy) is 1.